The average molecular weight is 682 g/mol. The van der Waals surface area contributed by atoms with Gasteiger partial charge in [0.05, 0.1) is 23.4 Å². The van der Waals surface area contributed by atoms with Crippen LogP contribution in [-0.2, 0) is 9.53 Å². The van der Waals surface area contributed by atoms with Gasteiger partial charge in [-0.05, 0) is 56.1 Å². The van der Waals surface area contributed by atoms with Crippen molar-refractivity contribution in [3.05, 3.63) is 50.0 Å². The first kappa shape index (κ1) is 26.4. The number of hydrazine groups is 1. The van der Waals surface area contributed by atoms with Crippen molar-refractivity contribution in [3.8, 4) is 0 Å². The zero-order chi connectivity index (χ0) is 25.2. The number of amides is 3. The Kier molecular flexibility index (Phi) is 8.55. The van der Waals surface area contributed by atoms with Gasteiger partial charge in [0.2, 0.25) is 5.91 Å². The number of carbonyl (C=O) groups excluding carboxylic acids is 3. The Morgan fingerprint density at radius 1 is 1.21 bits per heavy atom. The van der Waals surface area contributed by atoms with Crippen LogP contribution in [0.3, 0.4) is 0 Å². The van der Waals surface area contributed by atoms with E-state index in [1.165, 1.54) is 26.2 Å². The van der Waals surface area contributed by atoms with E-state index < -0.39 is 23.9 Å². The Bertz CT molecular complexity index is 1180. The molecule has 1 aromatic carbocycles. The molecule has 2 heterocycles. The fourth-order valence-electron chi connectivity index (χ4n) is 3.06. The van der Waals surface area contributed by atoms with E-state index >= 15 is 0 Å². The van der Waals surface area contributed by atoms with Crippen molar-refractivity contribution in [2.75, 3.05) is 31.5 Å². The topological polar surface area (TPSA) is 107 Å². The Morgan fingerprint density at radius 3 is 2.56 bits per heavy atom. The number of ether oxygens (including phenoxy) is 1. The van der Waals surface area contributed by atoms with Gasteiger partial charge >= 0.3 is 6.09 Å². The largest absolute Gasteiger partial charge is 0.452 e. The molecule has 1 aliphatic heterocycles. The van der Waals surface area contributed by atoms with Gasteiger partial charge in [-0.15, -0.1) is 0 Å². The van der Waals surface area contributed by atoms with Gasteiger partial charge in [0, 0.05) is 35.7 Å². The van der Waals surface area contributed by atoms with Gasteiger partial charge in [-0.2, -0.15) is 5.10 Å². The Morgan fingerprint density at radius 2 is 1.91 bits per heavy atom. The lowest BCUT2D eigenvalue weighted by Crippen LogP contribution is -2.45. The maximum Gasteiger partial charge on any atom is 0.428 e. The van der Waals surface area contributed by atoms with E-state index in [1.54, 1.807) is 30.5 Å². The molecule has 10 nitrogen and oxygen atoms in total. The van der Waals surface area contributed by atoms with Crippen LogP contribution < -0.4 is 10.3 Å². The summed E-state index contributed by atoms with van der Waals surface area (Å²) < 4.78 is 6.25. The lowest BCUT2D eigenvalue weighted by Gasteiger charge is -2.28. The molecule has 0 spiro atoms. The van der Waals surface area contributed by atoms with Gasteiger partial charge in [-0.1, -0.05) is 27.5 Å². The van der Waals surface area contributed by atoms with E-state index in [0.29, 0.717) is 24.4 Å². The van der Waals surface area contributed by atoms with Gasteiger partial charge in [-0.25, -0.2) is 24.8 Å². The molecule has 14 heteroatoms. The monoisotopic (exact) mass is 678 g/mol. The van der Waals surface area contributed by atoms with E-state index in [-0.39, 0.29) is 17.7 Å². The number of nitrogens with zero attached hydrogens (tertiary/aromatic N) is 5. The molecule has 1 N–H and O–H groups in total. The molecule has 34 heavy (non-hydrogen) atoms. The number of pyridine rings is 1. The summed E-state index contributed by atoms with van der Waals surface area (Å²) in [6.07, 6.45) is 1.08. The summed E-state index contributed by atoms with van der Waals surface area (Å²) in [5.41, 5.74) is 0.353. The lowest BCUT2D eigenvalue weighted by molar-refractivity contribution is -0.117. The first-order valence-corrected chi connectivity index (χ1v) is 12.3. The fraction of sp³-hybridized carbons (Fsp3) is 0.250. The number of anilines is 2. The van der Waals surface area contributed by atoms with Crippen molar-refractivity contribution >= 4 is 93.4 Å². The minimum Gasteiger partial charge on any atom is -0.452 e. The number of benzene rings is 1. The molecule has 0 bridgehead atoms. The van der Waals surface area contributed by atoms with Crippen LogP contribution in [0.4, 0.5) is 16.3 Å². The first-order chi connectivity index (χ1) is 16.0. The third-order valence-electron chi connectivity index (χ3n) is 4.85. The molecule has 0 aliphatic carbocycles. The van der Waals surface area contributed by atoms with Gasteiger partial charge in [0.15, 0.2) is 5.82 Å². The third kappa shape index (κ3) is 5.53. The van der Waals surface area contributed by atoms with Crippen LogP contribution in [0.15, 0.2) is 44.5 Å². The Balaban J connectivity index is 1.94. The summed E-state index contributed by atoms with van der Waals surface area (Å²) in [7, 11) is 4.00. The van der Waals surface area contributed by atoms with Crippen LogP contribution in [0, 0.1) is 0 Å². The van der Waals surface area contributed by atoms with Gasteiger partial charge in [0.25, 0.3) is 5.91 Å². The van der Waals surface area contributed by atoms with Gasteiger partial charge < -0.3 is 10.1 Å². The number of hydrazone groups is 1. The van der Waals surface area contributed by atoms with E-state index in [2.05, 4.69) is 67.9 Å². The lowest BCUT2D eigenvalue weighted by atomic mass is 10.1. The maximum atomic E-state index is 13.4. The van der Waals surface area contributed by atoms with Gasteiger partial charge in [0.1, 0.15) is 10.7 Å². The van der Waals surface area contributed by atoms with E-state index in [0.717, 1.165) is 10.0 Å². The number of nitrogens with one attached hydrogen (secondary N) is 1. The van der Waals surface area contributed by atoms with Crippen LogP contribution in [-0.4, -0.2) is 64.8 Å². The van der Waals surface area contributed by atoms with E-state index in [4.69, 9.17) is 11.6 Å². The number of aromatic nitrogens is 1. The predicted octanol–water partition coefficient (Wildman–Crippen LogP) is 4.87. The standard InChI is InChI=1S/C20H18Br3ClN6O4/c1-28(29(2)20(33)34-3)19(32)11-7-10(21)8-12(22)16(11)26-18(31)14-9-15(23)27-30(14)17-13(24)5-4-6-25-17/h4-8,14H,9H2,1-3H3,(H,26,31). The van der Waals surface area contributed by atoms with E-state index in [1.807, 2.05) is 0 Å². The zero-order valence-corrected chi connectivity index (χ0v) is 23.6. The number of halogens is 4. The summed E-state index contributed by atoms with van der Waals surface area (Å²) >= 11 is 16.4. The number of carbonyl (C=O) groups is 3. The fourth-order valence-corrected chi connectivity index (χ4v) is 5.07. The molecule has 180 valence electrons. The number of hydrogen-bond donors (Lipinski definition) is 1. The van der Waals surface area contributed by atoms with Crippen molar-refractivity contribution < 1.29 is 19.1 Å². The summed E-state index contributed by atoms with van der Waals surface area (Å²) in [4.78, 5) is 42.7. The minimum atomic E-state index is -0.782. The molecular weight excluding hydrogens is 663 g/mol. The Labute approximate surface area is 225 Å². The number of hydrogen-bond acceptors (Lipinski definition) is 7. The Hall–Kier alpha value is -2.22. The SMILES string of the molecule is COC(=O)N(C)N(C)C(=O)c1cc(Br)cc(Br)c1NC(=O)C1CC(Br)=NN1c1ncccc1Cl. The molecule has 1 aromatic heterocycles. The summed E-state index contributed by atoms with van der Waals surface area (Å²) in [6, 6.07) is 5.77. The molecule has 0 radical (unpaired) electrons. The molecule has 1 aliphatic rings. The van der Waals surface area contributed by atoms with Crippen molar-refractivity contribution in [3.63, 3.8) is 0 Å². The number of methoxy groups -OCH3 is 1. The van der Waals surface area contributed by atoms with Crippen LogP contribution in [0.5, 0.6) is 0 Å². The molecule has 3 rings (SSSR count). The van der Waals surface area contributed by atoms with Crippen molar-refractivity contribution in [1.29, 1.82) is 0 Å². The second-order valence-corrected chi connectivity index (χ2v) is 10.1. The normalized spacial score (nSPS) is 15.0. The average Bonchev–Trinajstić information content (AvgIpc) is 3.20. The maximum absolute atomic E-state index is 13.4. The highest BCUT2D eigenvalue weighted by Crippen LogP contribution is 2.34. The molecule has 0 saturated carbocycles. The van der Waals surface area contributed by atoms with Crippen LogP contribution in [0.1, 0.15) is 16.8 Å². The summed E-state index contributed by atoms with van der Waals surface area (Å²) in [5.74, 6) is -0.677. The zero-order valence-electron chi connectivity index (χ0n) is 18.1. The molecule has 3 amide bonds. The summed E-state index contributed by atoms with van der Waals surface area (Å²) in [6.45, 7) is 0. The smallest absolute Gasteiger partial charge is 0.428 e. The van der Waals surface area contributed by atoms with Crippen molar-refractivity contribution in [2.45, 2.75) is 12.5 Å². The van der Waals surface area contributed by atoms with Crippen LogP contribution in [0.2, 0.25) is 5.02 Å². The molecule has 0 saturated heterocycles. The van der Waals surface area contributed by atoms with Gasteiger partial charge in [-0.3, -0.25) is 9.59 Å². The molecule has 1 unspecified atom stereocenters. The van der Waals surface area contributed by atoms with Crippen LogP contribution >= 0.6 is 59.4 Å². The van der Waals surface area contributed by atoms with E-state index in [9.17, 15) is 14.4 Å². The molecule has 0 fully saturated rings. The third-order valence-corrected chi connectivity index (χ3v) is 6.71. The highest BCUT2D eigenvalue weighted by molar-refractivity contribution is 9.18. The molecule has 1 atom stereocenters. The minimum absolute atomic E-state index is 0.133. The van der Waals surface area contributed by atoms with Crippen molar-refractivity contribution in [2.24, 2.45) is 5.10 Å². The highest BCUT2D eigenvalue weighted by Gasteiger charge is 2.36. The molecular formula is C20H18Br3ClN6O4. The molecule has 2 aromatic rings. The predicted molar refractivity (Wildman–Crippen MR) is 139 cm³/mol. The quantitative estimate of drug-likeness (QED) is 0.462. The second-order valence-electron chi connectivity index (χ2n) is 6.97. The number of rotatable bonds is 4. The van der Waals surface area contributed by atoms with Crippen LogP contribution in [0.25, 0.3) is 0 Å². The second kappa shape index (κ2) is 11.0. The highest BCUT2D eigenvalue weighted by atomic mass is 79.9. The summed E-state index contributed by atoms with van der Waals surface area (Å²) in [5, 5.41) is 11.0. The first-order valence-electron chi connectivity index (χ1n) is 9.57. The van der Waals surface area contributed by atoms with Crippen molar-refractivity contribution in [1.82, 2.24) is 15.0 Å².